The van der Waals surface area contributed by atoms with Gasteiger partial charge in [-0.05, 0) is 25.1 Å². The van der Waals surface area contributed by atoms with Gasteiger partial charge in [-0.15, -0.1) is 0 Å². The van der Waals surface area contributed by atoms with Crippen molar-refractivity contribution in [1.82, 2.24) is 14.9 Å². The second-order valence-electron chi connectivity index (χ2n) is 5.45. The van der Waals surface area contributed by atoms with Crippen molar-refractivity contribution in [2.75, 3.05) is 20.2 Å². The maximum atomic E-state index is 14.1. The summed E-state index contributed by atoms with van der Waals surface area (Å²) < 4.78 is 21.2. The average Bonchev–Trinajstić information content (AvgIpc) is 3.09. The summed E-state index contributed by atoms with van der Waals surface area (Å²) in [6, 6.07) is 4.74. The third kappa shape index (κ3) is 2.08. The first kappa shape index (κ1) is 13.1. The molecule has 1 saturated heterocycles. The van der Waals surface area contributed by atoms with Crippen molar-refractivity contribution in [3.8, 4) is 11.4 Å². The SMILES string of the molecule is COc1ccc(F)c(-n2cncc2C2(C)CCNC2)c1. The Morgan fingerprint density at radius 3 is 3.00 bits per heavy atom. The van der Waals surface area contributed by atoms with Crippen molar-refractivity contribution in [3.05, 3.63) is 42.2 Å². The van der Waals surface area contributed by atoms with Crippen LogP contribution in [-0.2, 0) is 5.41 Å². The van der Waals surface area contributed by atoms with E-state index < -0.39 is 0 Å². The van der Waals surface area contributed by atoms with E-state index in [2.05, 4.69) is 17.2 Å². The first-order chi connectivity index (χ1) is 9.64. The van der Waals surface area contributed by atoms with Crippen molar-refractivity contribution in [2.45, 2.75) is 18.8 Å². The van der Waals surface area contributed by atoms with Gasteiger partial charge in [-0.25, -0.2) is 9.37 Å². The highest BCUT2D eigenvalue weighted by atomic mass is 19.1. The highest BCUT2D eigenvalue weighted by Gasteiger charge is 2.34. The Kier molecular flexibility index (Phi) is 3.22. The number of benzene rings is 1. The van der Waals surface area contributed by atoms with E-state index in [9.17, 15) is 4.39 Å². The molecule has 106 valence electrons. The van der Waals surface area contributed by atoms with Gasteiger partial charge in [0.1, 0.15) is 11.6 Å². The second-order valence-corrected chi connectivity index (χ2v) is 5.45. The summed E-state index contributed by atoms with van der Waals surface area (Å²) in [7, 11) is 1.58. The van der Waals surface area contributed by atoms with Gasteiger partial charge >= 0.3 is 0 Å². The Morgan fingerprint density at radius 1 is 1.45 bits per heavy atom. The average molecular weight is 275 g/mol. The van der Waals surface area contributed by atoms with Gasteiger partial charge in [0.25, 0.3) is 0 Å². The molecule has 1 aromatic heterocycles. The normalized spacial score (nSPS) is 22.1. The number of nitrogens with one attached hydrogen (secondary N) is 1. The molecule has 1 N–H and O–H groups in total. The van der Waals surface area contributed by atoms with Crippen LogP contribution in [-0.4, -0.2) is 29.8 Å². The minimum atomic E-state index is -0.278. The topological polar surface area (TPSA) is 39.1 Å². The van der Waals surface area contributed by atoms with Crippen LogP contribution in [0.25, 0.3) is 5.69 Å². The fourth-order valence-corrected chi connectivity index (χ4v) is 2.77. The van der Waals surface area contributed by atoms with E-state index in [0.717, 1.165) is 25.2 Å². The van der Waals surface area contributed by atoms with Crippen LogP contribution in [0, 0.1) is 5.82 Å². The molecule has 3 rings (SSSR count). The summed E-state index contributed by atoms with van der Waals surface area (Å²) in [6.45, 7) is 4.03. The van der Waals surface area contributed by atoms with Gasteiger partial charge in [0.2, 0.25) is 0 Å². The van der Waals surface area contributed by atoms with Crippen LogP contribution in [0.1, 0.15) is 19.0 Å². The molecule has 0 saturated carbocycles. The largest absolute Gasteiger partial charge is 0.497 e. The maximum absolute atomic E-state index is 14.1. The maximum Gasteiger partial charge on any atom is 0.147 e. The van der Waals surface area contributed by atoms with Crippen LogP contribution >= 0.6 is 0 Å². The minimum absolute atomic E-state index is 0.0218. The molecule has 5 heteroatoms. The third-order valence-corrected chi connectivity index (χ3v) is 4.04. The van der Waals surface area contributed by atoms with E-state index in [1.165, 1.54) is 6.07 Å². The van der Waals surface area contributed by atoms with E-state index in [0.29, 0.717) is 11.4 Å². The lowest BCUT2D eigenvalue weighted by Crippen LogP contribution is -2.27. The number of halogens is 1. The van der Waals surface area contributed by atoms with Gasteiger partial charge in [0.15, 0.2) is 0 Å². The zero-order chi connectivity index (χ0) is 14.2. The number of rotatable bonds is 3. The number of hydrogen-bond acceptors (Lipinski definition) is 3. The molecule has 1 aliphatic heterocycles. The zero-order valence-electron chi connectivity index (χ0n) is 11.7. The Bertz CT molecular complexity index is 617. The fourth-order valence-electron chi connectivity index (χ4n) is 2.77. The van der Waals surface area contributed by atoms with Crippen molar-refractivity contribution in [3.63, 3.8) is 0 Å². The van der Waals surface area contributed by atoms with E-state index in [4.69, 9.17) is 4.74 Å². The third-order valence-electron chi connectivity index (χ3n) is 4.04. The zero-order valence-corrected chi connectivity index (χ0v) is 11.7. The number of nitrogens with zero attached hydrogens (tertiary/aromatic N) is 2. The van der Waals surface area contributed by atoms with Crippen LogP contribution in [0.4, 0.5) is 4.39 Å². The molecule has 1 fully saturated rings. The molecule has 1 atom stereocenters. The van der Waals surface area contributed by atoms with E-state index >= 15 is 0 Å². The number of methoxy groups -OCH3 is 1. The summed E-state index contributed by atoms with van der Waals surface area (Å²) >= 11 is 0. The first-order valence-corrected chi connectivity index (χ1v) is 6.71. The Balaban J connectivity index is 2.10. The molecular weight excluding hydrogens is 257 g/mol. The van der Waals surface area contributed by atoms with Crippen molar-refractivity contribution in [2.24, 2.45) is 0 Å². The van der Waals surface area contributed by atoms with Gasteiger partial charge < -0.3 is 10.1 Å². The van der Waals surface area contributed by atoms with Crippen molar-refractivity contribution in [1.29, 1.82) is 0 Å². The quantitative estimate of drug-likeness (QED) is 0.934. The lowest BCUT2D eigenvalue weighted by molar-refractivity contribution is 0.413. The van der Waals surface area contributed by atoms with Crippen LogP contribution < -0.4 is 10.1 Å². The van der Waals surface area contributed by atoms with Gasteiger partial charge in [0.05, 0.1) is 19.1 Å². The van der Waals surface area contributed by atoms with Crippen LogP contribution in [0.15, 0.2) is 30.7 Å². The number of hydrogen-bond donors (Lipinski definition) is 1. The molecule has 0 amide bonds. The molecule has 0 aliphatic carbocycles. The van der Waals surface area contributed by atoms with Crippen molar-refractivity contribution < 1.29 is 9.13 Å². The van der Waals surface area contributed by atoms with Gasteiger partial charge in [0, 0.05) is 29.9 Å². The molecule has 1 unspecified atom stereocenters. The smallest absolute Gasteiger partial charge is 0.147 e. The minimum Gasteiger partial charge on any atom is -0.497 e. The molecule has 0 spiro atoms. The fraction of sp³-hybridized carbons (Fsp3) is 0.400. The van der Waals surface area contributed by atoms with E-state index in [1.54, 1.807) is 25.6 Å². The van der Waals surface area contributed by atoms with Gasteiger partial charge in [-0.1, -0.05) is 6.92 Å². The highest BCUT2D eigenvalue weighted by Crippen LogP contribution is 2.32. The Labute approximate surface area is 117 Å². The molecule has 1 aliphatic rings. The van der Waals surface area contributed by atoms with Crippen molar-refractivity contribution >= 4 is 0 Å². The van der Waals surface area contributed by atoms with Gasteiger partial charge in [-0.3, -0.25) is 4.57 Å². The van der Waals surface area contributed by atoms with Crippen LogP contribution in [0.3, 0.4) is 0 Å². The molecule has 2 aromatic rings. The summed E-state index contributed by atoms with van der Waals surface area (Å²) in [5.74, 6) is 0.357. The van der Waals surface area contributed by atoms with Gasteiger partial charge in [-0.2, -0.15) is 0 Å². The number of ether oxygens (including phenoxy) is 1. The second kappa shape index (κ2) is 4.90. The highest BCUT2D eigenvalue weighted by molar-refractivity contribution is 5.43. The molecule has 4 nitrogen and oxygen atoms in total. The van der Waals surface area contributed by atoms with E-state index in [1.807, 2.05) is 10.8 Å². The Hall–Kier alpha value is -1.88. The summed E-state index contributed by atoms with van der Waals surface area (Å²) in [6.07, 6.45) is 4.51. The summed E-state index contributed by atoms with van der Waals surface area (Å²) in [5, 5.41) is 3.36. The first-order valence-electron chi connectivity index (χ1n) is 6.71. The number of aromatic nitrogens is 2. The predicted molar refractivity (Wildman–Crippen MR) is 74.9 cm³/mol. The predicted octanol–water partition coefficient (Wildman–Crippen LogP) is 2.27. The van der Waals surface area contributed by atoms with Crippen LogP contribution in [0.5, 0.6) is 5.75 Å². The molecule has 0 radical (unpaired) electrons. The van der Waals surface area contributed by atoms with Crippen LogP contribution in [0.2, 0.25) is 0 Å². The molecule has 1 aromatic carbocycles. The lowest BCUT2D eigenvalue weighted by atomic mass is 9.86. The summed E-state index contributed by atoms with van der Waals surface area (Å²) in [4.78, 5) is 4.21. The molecule has 2 heterocycles. The summed E-state index contributed by atoms with van der Waals surface area (Å²) in [5.41, 5.74) is 1.48. The molecular formula is C15H18FN3O. The van der Waals surface area contributed by atoms with E-state index in [-0.39, 0.29) is 11.2 Å². The monoisotopic (exact) mass is 275 g/mol. The number of imidazole rings is 1. The molecule has 0 bridgehead atoms. The lowest BCUT2D eigenvalue weighted by Gasteiger charge is -2.24. The Morgan fingerprint density at radius 2 is 2.30 bits per heavy atom. The molecule has 20 heavy (non-hydrogen) atoms. The standard InChI is InChI=1S/C15H18FN3O/c1-15(5-6-17-9-15)14-8-18-10-19(14)13-7-11(20-2)3-4-12(13)16/h3-4,7-8,10,17H,5-6,9H2,1-2H3.